The van der Waals surface area contributed by atoms with E-state index in [0.29, 0.717) is 5.92 Å². The van der Waals surface area contributed by atoms with E-state index in [9.17, 15) is 0 Å². The molecule has 0 radical (unpaired) electrons. The van der Waals surface area contributed by atoms with Crippen LogP contribution in [0.3, 0.4) is 0 Å². The molecule has 5 aromatic carbocycles. The summed E-state index contributed by atoms with van der Waals surface area (Å²) in [5.74, 6) is 0.368. The molecular formula is C36H27N. The first-order chi connectivity index (χ1) is 18.3. The molecule has 1 heterocycles. The van der Waals surface area contributed by atoms with Crippen molar-refractivity contribution in [3.05, 3.63) is 156 Å². The van der Waals surface area contributed by atoms with Crippen molar-refractivity contribution >= 4 is 17.0 Å². The highest BCUT2D eigenvalue weighted by atomic mass is 15.0. The smallest absolute Gasteiger partial charge is 0.0537 e. The molecule has 0 spiro atoms. The highest BCUT2D eigenvalue weighted by Gasteiger charge is 2.23. The lowest BCUT2D eigenvalue weighted by molar-refractivity contribution is 0.825. The van der Waals surface area contributed by atoms with E-state index in [2.05, 4.69) is 150 Å². The van der Waals surface area contributed by atoms with E-state index in [1.165, 1.54) is 55.7 Å². The Morgan fingerprint density at radius 3 is 1.92 bits per heavy atom. The predicted molar refractivity (Wildman–Crippen MR) is 156 cm³/mol. The lowest BCUT2D eigenvalue weighted by Gasteiger charge is -2.20. The number of allylic oxidation sites excluding steroid dienone is 1. The van der Waals surface area contributed by atoms with Gasteiger partial charge in [-0.15, -0.1) is 0 Å². The summed E-state index contributed by atoms with van der Waals surface area (Å²) in [5.41, 5.74) is 11.6. The van der Waals surface area contributed by atoms with Crippen molar-refractivity contribution < 1.29 is 0 Å². The normalized spacial score (nSPS) is 14.5. The van der Waals surface area contributed by atoms with Crippen LogP contribution in [0.2, 0.25) is 0 Å². The Kier molecular flexibility index (Phi) is 5.33. The van der Waals surface area contributed by atoms with Gasteiger partial charge in [-0.1, -0.05) is 121 Å². The minimum Gasteiger partial charge on any atom is -0.310 e. The molecule has 1 aliphatic rings. The third kappa shape index (κ3) is 3.90. The van der Waals surface area contributed by atoms with Gasteiger partial charge in [0, 0.05) is 22.7 Å². The number of rotatable bonds is 4. The van der Waals surface area contributed by atoms with Crippen molar-refractivity contribution in [2.24, 2.45) is 0 Å². The summed E-state index contributed by atoms with van der Waals surface area (Å²) in [7, 11) is 0. The molecule has 0 fully saturated rings. The summed E-state index contributed by atoms with van der Waals surface area (Å²) in [6.07, 6.45) is 5.72. The Balaban J connectivity index is 1.28. The summed E-state index contributed by atoms with van der Waals surface area (Å²) in [5, 5.41) is 1.35. The molecule has 0 saturated carbocycles. The maximum atomic E-state index is 2.43. The first kappa shape index (κ1) is 21.6. The van der Waals surface area contributed by atoms with Crippen LogP contribution in [0.15, 0.2) is 140 Å². The topological polar surface area (TPSA) is 4.93 Å². The molecule has 1 nitrogen and oxygen atoms in total. The Bertz CT molecular complexity index is 1720. The molecular weight excluding hydrogens is 446 g/mol. The Morgan fingerprint density at radius 2 is 1.16 bits per heavy atom. The van der Waals surface area contributed by atoms with Crippen LogP contribution in [0, 0.1) is 0 Å². The number of nitrogens with zero attached hydrogens (tertiary/aromatic N) is 1. The number of benzene rings is 5. The highest BCUT2D eigenvalue weighted by molar-refractivity contribution is 5.91. The van der Waals surface area contributed by atoms with Crippen LogP contribution in [-0.4, -0.2) is 4.57 Å². The first-order valence-corrected chi connectivity index (χ1v) is 13.0. The second-order valence-corrected chi connectivity index (χ2v) is 9.79. The molecule has 1 heteroatoms. The summed E-state index contributed by atoms with van der Waals surface area (Å²) in [6, 6.07) is 48.1. The average molecular weight is 474 g/mol. The van der Waals surface area contributed by atoms with Crippen molar-refractivity contribution in [1.29, 1.82) is 0 Å². The standard InChI is InChI=1S/C36H27N/c1-3-10-26(11-4-1)28-18-20-29(21-19-28)31-22-23-36-34(25-31)33-16-7-8-17-35(33)37(36)32-15-9-14-30(24-32)27-12-5-2-6-13-27/h1-24,31H,25H2. The summed E-state index contributed by atoms with van der Waals surface area (Å²) in [6.45, 7) is 0. The van der Waals surface area contributed by atoms with Crippen molar-refractivity contribution in [2.75, 3.05) is 0 Å². The van der Waals surface area contributed by atoms with Crippen LogP contribution in [0.5, 0.6) is 0 Å². The second-order valence-electron chi connectivity index (χ2n) is 9.79. The van der Waals surface area contributed by atoms with Gasteiger partial charge >= 0.3 is 0 Å². The van der Waals surface area contributed by atoms with Gasteiger partial charge in [-0.25, -0.2) is 0 Å². The fraction of sp³-hybridized carbons (Fsp3) is 0.0556. The lowest BCUT2D eigenvalue weighted by Crippen LogP contribution is -2.07. The minimum atomic E-state index is 0.368. The molecule has 7 rings (SSSR count). The van der Waals surface area contributed by atoms with Crippen LogP contribution < -0.4 is 0 Å². The van der Waals surface area contributed by atoms with E-state index >= 15 is 0 Å². The van der Waals surface area contributed by atoms with Crippen LogP contribution >= 0.6 is 0 Å². The van der Waals surface area contributed by atoms with E-state index in [-0.39, 0.29) is 0 Å². The zero-order chi connectivity index (χ0) is 24.6. The quantitative estimate of drug-likeness (QED) is 0.240. The van der Waals surface area contributed by atoms with E-state index in [1.54, 1.807) is 0 Å². The van der Waals surface area contributed by atoms with Gasteiger partial charge < -0.3 is 4.57 Å². The van der Waals surface area contributed by atoms with Crippen LogP contribution in [0.25, 0.3) is 44.9 Å². The zero-order valence-electron chi connectivity index (χ0n) is 20.6. The van der Waals surface area contributed by atoms with E-state index in [1.807, 2.05) is 0 Å². The molecule has 1 aromatic heterocycles. The van der Waals surface area contributed by atoms with Gasteiger partial charge in [0.2, 0.25) is 0 Å². The highest BCUT2D eigenvalue weighted by Crippen LogP contribution is 2.39. The molecule has 37 heavy (non-hydrogen) atoms. The average Bonchev–Trinajstić information content (AvgIpc) is 3.32. The van der Waals surface area contributed by atoms with Gasteiger partial charge in [0.15, 0.2) is 0 Å². The lowest BCUT2D eigenvalue weighted by atomic mass is 9.86. The molecule has 1 unspecified atom stereocenters. The molecule has 1 atom stereocenters. The molecule has 0 N–H and O–H groups in total. The number of aromatic nitrogens is 1. The molecule has 0 bridgehead atoms. The molecule has 0 aliphatic heterocycles. The fourth-order valence-corrected chi connectivity index (χ4v) is 5.73. The number of hydrogen-bond acceptors (Lipinski definition) is 0. The summed E-state index contributed by atoms with van der Waals surface area (Å²) in [4.78, 5) is 0. The Morgan fingerprint density at radius 1 is 0.541 bits per heavy atom. The number of fused-ring (bicyclic) bond motifs is 3. The van der Waals surface area contributed by atoms with Gasteiger partial charge in [-0.05, 0) is 64.1 Å². The second kappa shape index (κ2) is 9.11. The van der Waals surface area contributed by atoms with Crippen molar-refractivity contribution in [3.8, 4) is 27.9 Å². The third-order valence-electron chi connectivity index (χ3n) is 7.59. The van der Waals surface area contributed by atoms with Gasteiger partial charge in [-0.3, -0.25) is 0 Å². The van der Waals surface area contributed by atoms with Crippen molar-refractivity contribution in [2.45, 2.75) is 12.3 Å². The molecule has 1 aliphatic carbocycles. The third-order valence-corrected chi connectivity index (χ3v) is 7.59. The van der Waals surface area contributed by atoms with Crippen LogP contribution in [0.1, 0.15) is 22.7 Å². The van der Waals surface area contributed by atoms with Crippen LogP contribution in [0.4, 0.5) is 0 Å². The Hall–Kier alpha value is -4.62. The molecule has 6 aromatic rings. The van der Waals surface area contributed by atoms with Gasteiger partial charge in [0.25, 0.3) is 0 Å². The van der Waals surface area contributed by atoms with Gasteiger partial charge in [-0.2, -0.15) is 0 Å². The summed E-state index contributed by atoms with van der Waals surface area (Å²) >= 11 is 0. The van der Waals surface area contributed by atoms with E-state index in [0.717, 1.165) is 6.42 Å². The largest absolute Gasteiger partial charge is 0.310 e. The molecule has 176 valence electrons. The van der Waals surface area contributed by atoms with Gasteiger partial charge in [0.1, 0.15) is 0 Å². The maximum Gasteiger partial charge on any atom is 0.0537 e. The maximum absolute atomic E-state index is 2.43. The number of hydrogen-bond donors (Lipinski definition) is 0. The number of para-hydroxylation sites is 1. The van der Waals surface area contributed by atoms with Crippen molar-refractivity contribution in [1.82, 2.24) is 4.57 Å². The zero-order valence-corrected chi connectivity index (χ0v) is 20.6. The fourth-order valence-electron chi connectivity index (χ4n) is 5.73. The first-order valence-electron chi connectivity index (χ1n) is 13.0. The van der Waals surface area contributed by atoms with Crippen LogP contribution in [-0.2, 0) is 6.42 Å². The van der Waals surface area contributed by atoms with Crippen molar-refractivity contribution in [3.63, 3.8) is 0 Å². The van der Waals surface area contributed by atoms with E-state index < -0.39 is 0 Å². The molecule has 0 amide bonds. The van der Waals surface area contributed by atoms with Gasteiger partial charge in [0.05, 0.1) is 5.52 Å². The summed E-state index contributed by atoms with van der Waals surface area (Å²) < 4.78 is 2.43. The monoisotopic (exact) mass is 473 g/mol. The SMILES string of the molecule is C1=CC(c2ccc(-c3ccccc3)cc2)Cc2c1n(-c1cccc(-c3ccccc3)c1)c1ccccc21. The van der Waals surface area contributed by atoms with E-state index in [4.69, 9.17) is 0 Å². The molecule has 0 saturated heterocycles. The minimum absolute atomic E-state index is 0.368. The Labute approximate surface area is 218 Å². The predicted octanol–water partition coefficient (Wildman–Crippen LogP) is 9.32.